The summed E-state index contributed by atoms with van der Waals surface area (Å²) >= 11 is 3.45. The molecule has 8 nitrogen and oxygen atoms in total. The minimum Gasteiger partial charge on any atom is -0.466 e. The quantitative estimate of drug-likeness (QED) is 0.617. The molecule has 0 unspecified atom stereocenters. The molecule has 4 rings (SSSR count). The molecule has 0 atom stereocenters. The number of halogens is 1. The van der Waals surface area contributed by atoms with Gasteiger partial charge in [0.1, 0.15) is 4.60 Å². The van der Waals surface area contributed by atoms with Crippen molar-refractivity contribution < 1.29 is 9.53 Å². The Labute approximate surface area is 158 Å². The van der Waals surface area contributed by atoms with Crippen LogP contribution in [0.3, 0.4) is 0 Å². The van der Waals surface area contributed by atoms with Crippen LogP contribution in [0.15, 0.2) is 35.6 Å². The number of ether oxygens (including phenoxy) is 1. The maximum atomic E-state index is 11.5. The van der Waals surface area contributed by atoms with Crippen molar-refractivity contribution in [1.82, 2.24) is 24.1 Å². The third-order valence-electron chi connectivity index (χ3n) is 4.59. The summed E-state index contributed by atoms with van der Waals surface area (Å²) in [5.74, 6) is 0.952. The molecule has 0 saturated heterocycles. The molecule has 1 aliphatic rings. The summed E-state index contributed by atoms with van der Waals surface area (Å²) in [5, 5.41) is 7.71. The summed E-state index contributed by atoms with van der Waals surface area (Å²) in [6.45, 7) is 2.27. The lowest BCUT2D eigenvalue weighted by Crippen LogP contribution is -2.29. The van der Waals surface area contributed by atoms with Crippen molar-refractivity contribution in [1.29, 1.82) is 0 Å². The van der Waals surface area contributed by atoms with Gasteiger partial charge in [0, 0.05) is 25.0 Å². The van der Waals surface area contributed by atoms with Gasteiger partial charge in [-0.3, -0.25) is 13.9 Å². The van der Waals surface area contributed by atoms with Crippen molar-refractivity contribution in [2.24, 2.45) is 5.92 Å². The first kappa shape index (κ1) is 17.0. The second kappa shape index (κ2) is 7.06. The fourth-order valence-corrected chi connectivity index (χ4v) is 3.64. The van der Waals surface area contributed by atoms with Crippen LogP contribution >= 0.6 is 15.9 Å². The molecule has 0 aliphatic heterocycles. The maximum absolute atomic E-state index is 11.5. The zero-order valence-electron chi connectivity index (χ0n) is 14.3. The summed E-state index contributed by atoms with van der Waals surface area (Å²) < 4.78 is 9.71. The highest BCUT2D eigenvalue weighted by Crippen LogP contribution is 2.40. The van der Waals surface area contributed by atoms with E-state index < -0.39 is 0 Å². The van der Waals surface area contributed by atoms with Gasteiger partial charge in [-0.2, -0.15) is 5.10 Å². The molecule has 1 fully saturated rings. The Kier molecular flexibility index (Phi) is 4.62. The van der Waals surface area contributed by atoms with E-state index in [1.807, 2.05) is 28.4 Å². The molecule has 1 saturated carbocycles. The Bertz CT molecular complexity index is 930. The highest BCUT2D eigenvalue weighted by Gasteiger charge is 2.32. The molecule has 3 aromatic rings. The fourth-order valence-electron chi connectivity index (χ4n) is 3.25. The molecule has 0 bridgehead atoms. The Morgan fingerprint density at radius 2 is 2.23 bits per heavy atom. The van der Waals surface area contributed by atoms with Gasteiger partial charge in [0.15, 0.2) is 11.5 Å². The molecule has 0 spiro atoms. The number of fused-ring (bicyclic) bond motifs is 1. The first-order valence-electron chi connectivity index (χ1n) is 8.58. The van der Waals surface area contributed by atoms with E-state index in [4.69, 9.17) is 4.74 Å². The number of hydrogen-bond donors (Lipinski definition) is 1. The topological polar surface area (TPSA) is 86.3 Å². The molecule has 0 radical (unpaired) electrons. The molecule has 1 N–H and O–H groups in total. The zero-order chi connectivity index (χ0) is 18.1. The Morgan fingerprint density at radius 3 is 3.04 bits per heavy atom. The maximum Gasteiger partial charge on any atom is 0.306 e. The van der Waals surface area contributed by atoms with Gasteiger partial charge in [-0.05, 0) is 41.6 Å². The molecule has 3 aromatic heterocycles. The van der Waals surface area contributed by atoms with E-state index in [0.717, 1.165) is 28.8 Å². The average Bonchev–Trinajstić information content (AvgIpc) is 3.23. The van der Waals surface area contributed by atoms with Gasteiger partial charge in [0.2, 0.25) is 0 Å². The number of rotatable bonds is 6. The van der Waals surface area contributed by atoms with E-state index in [2.05, 4.69) is 36.3 Å². The van der Waals surface area contributed by atoms with Gasteiger partial charge in [-0.25, -0.2) is 9.97 Å². The number of carbonyl (C=O) groups excluding carboxylic acids is 1. The number of anilines is 2. The van der Waals surface area contributed by atoms with E-state index >= 15 is 0 Å². The summed E-state index contributed by atoms with van der Waals surface area (Å²) in [6.07, 6.45) is 11.5. The predicted molar refractivity (Wildman–Crippen MR) is 99.2 cm³/mol. The lowest BCUT2D eigenvalue weighted by Gasteiger charge is -2.34. The highest BCUT2D eigenvalue weighted by atomic mass is 79.9. The van der Waals surface area contributed by atoms with Gasteiger partial charge in [-0.1, -0.05) is 0 Å². The van der Waals surface area contributed by atoms with Crippen molar-refractivity contribution in [2.75, 3.05) is 11.9 Å². The van der Waals surface area contributed by atoms with E-state index in [0.29, 0.717) is 30.8 Å². The number of imidazole rings is 1. The second-order valence-electron chi connectivity index (χ2n) is 6.38. The second-order valence-corrected chi connectivity index (χ2v) is 7.20. The number of carbonyl (C=O) groups is 1. The Morgan fingerprint density at radius 1 is 1.38 bits per heavy atom. The number of nitrogens with zero attached hydrogens (tertiary/aromatic N) is 5. The lowest BCUT2D eigenvalue weighted by atomic mass is 9.78. The van der Waals surface area contributed by atoms with Gasteiger partial charge < -0.3 is 10.1 Å². The van der Waals surface area contributed by atoms with Crippen LogP contribution in [0.1, 0.15) is 32.2 Å². The number of nitrogens with one attached hydrogen (secondary N) is 1. The summed E-state index contributed by atoms with van der Waals surface area (Å²) in [5.41, 5.74) is 1.60. The number of aromatic nitrogens is 5. The number of hydrogen-bond acceptors (Lipinski definition) is 6. The molecule has 0 aromatic carbocycles. The van der Waals surface area contributed by atoms with E-state index in [1.165, 1.54) is 0 Å². The van der Waals surface area contributed by atoms with E-state index in [9.17, 15) is 4.79 Å². The predicted octanol–water partition coefficient (Wildman–Crippen LogP) is 3.34. The third kappa shape index (κ3) is 3.31. The standard InChI is InChI=1S/C17H19BrN6O2/c1-2-26-15(25)7-11-5-13(6-11)24-10-12(8-21-24)22-16-17-19-3-4-23(17)14(18)9-20-16/h3-4,8-11,13H,2,5-7H2,1H3,(H,20,22)/t11-,13-. The van der Waals surface area contributed by atoms with Crippen molar-refractivity contribution in [3.8, 4) is 0 Å². The largest absolute Gasteiger partial charge is 0.466 e. The summed E-state index contributed by atoms with van der Waals surface area (Å²) in [6, 6.07) is 0.328. The summed E-state index contributed by atoms with van der Waals surface area (Å²) in [7, 11) is 0. The minimum atomic E-state index is -0.108. The first-order valence-corrected chi connectivity index (χ1v) is 9.37. The van der Waals surface area contributed by atoms with Gasteiger partial charge >= 0.3 is 5.97 Å². The lowest BCUT2D eigenvalue weighted by molar-refractivity contribution is -0.145. The van der Waals surface area contributed by atoms with Gasteiger partial charge in [-0.15, -0.1) is 0 Å². The first-order chi connectivity index (χ1) is 12.6. The molecular formula is C17H19BrN6O2. The molecule has 136 valence electrons. The molecule has 1 aliphatic carbocycles. The summed E-state index contributed by atoms with van der Waals surface area (Å²) in [4.78, 5) is 20.3. The minimum absolute atomic E-state index is 0.108. The van der Waals surface area contributed by atoms with Crippen molar-refractivity contribution >= 4 is 39.1 Å². The number of esters is 1. The van der Waals surface area contributed by atoms with Crippen molar-refractivity contribution in [3.05, 3.63) is 35.6 Å². The van der Waals surface area contributed by atoms with Crippen LogP contribution in [0.25, 0.3) is 5.65 Å². The average molecular weight is 419 g/mol. The van der Waals surface area contributed by atoms with E-state index in [-0.39, 0.29) is 5.97 Å². The van der Waals surface area contributed by atoms with Crippen LogP contribution in [0.2, 0.25) is 0 Å². The fraction of sp³-hybridized carbons (Fsp3) is 0.412. The smallest absolute Gasteiger partial charge is 0.306 e. The van der Waals surface area contributed by atoms with Crippen LogP contribution in [0.4, 0.5) is 11.5 Å². The monoisotopic (exact) mass is 418 g/mol. The molecule has 3 heterocycles. The third-order valence-corrected chi connectivity index (χ3v) is 5.18. The highest BCUT2D eigenvalue weighted by molar-refractivity contribution is 9.10. The van der Waals surface area contributed by atoms with Crippen LogP contribution in [-0.2, 0) is 9.53 Å². The van der Waals surface area contributed by atoms with E-state index in [1.54, 1.807) is 18.6 Å². The SMILES string of the molecule is CCOC(=O)C[C@H]1C[C@H](n2cc(Nc3ncc(Br)n4ccnc34)cn2)C1. The van der Waals surface area contributed by atoms with Gasteiger partial charge in [0.25, 0.3) is 0 Å². The van der Waals surface area contributed by atoms with Crippen LogP contribution in [0, 0.1) is 5.92 Å². The van der Waals surface area contributed by atoms with Crippen molar-refractivity contribution in [2.45, 2.75) is 32.2 Å². The Hall–Kier alpha value is -2.42. The van der Waals surface area contributed by atoms with Gasteiger partial charge in [0.05, 0.1) is 30.7 Å². The zero-order valence-corrected chi connectivity index (χ0v) is 15.9. The molecule has 26 heavy (non-hydrogen) atoms. The molecule has 0 amide bonds. The molecule has 9 heteroatoms. The van der Waals surface area contributed by atoms with Crippen molar-refractivity contribution in [3.63, 3.8) is 0 Å². The van der Waals surface area contributed by atoms with Crippen LogP contribution < -0.4 is 5.32 Å². The Balaban J connectivity index is 1.39. The van der Waals surface area contributed by atoms with Crippen LogP contribution in [-0.4, -0.2) is 36.7 Å². The molecular weight excluding hydrogens is 400 g/mol. The van der Waals surface area contributed by atoms with Crippen LogP contribution in [0.5, 0.6) is 0 Å². The normalized spacial score (nSPS) is 19.3.